The number of fused-ring (bicyclic) bond motifs is 1. The van der Waals surface area contributed by atoms with Gasteiger partial charge in [-0.05, 0) is 25.7 Å². The van der Waals surface area contributed by atoms with Gasteiger partial charge in [0, 0.05) is 4.88 Å². The van der Waals surface area contributed by atoms with Crippen LogP contribution in [0, 0.1) is 0 Å². The van der Waals surface area contributed by atoms with Gasteiger partial charge in [0.25, 0.3) is 0 Å². The van der Waals surface area contributed by atoms with Crippen LogP contribution in [0.5, 0.6) is 0 Å². The fraction of sp³-hybridized carbons (Fsp3) is 0.556. The van der Waals surface area contributed by atoms with Crippen LogP contribution in [0.15, 0.2) is 0 Å². The highest BCUT2D eigenvalue weighted by molar-refractivity contribution is 7.12. The summed E-state index contributed by atoms with van der Waals surface area (Å²) in [4.78, 5) is 14.9. The van der Waals surface area contributed by atoms with Crippen LogP contribution in [0.2, 0.25) is 0 Å². The number of nitrogens with zero attached hydrogens (tertiary/aromatic N) is 1. The van der Waals surface area contributed by atoms with Crippen LogP contribution in [-0.4, -0.2) is 16.1 Å². The lowest BCUT2D eigenvalue weighted by molar-refractivity contribution is -0.166. The summed E-state index contributed by atoms with van der Waals surface area (Å²) in [6, 6.07) is 0. The summed E-state index contributed by atoms with van der Waals surface area (Å²) in [5.41, 5.74) is 0.655. The Hall–Kier alpha value is -1.04. The molecule has 0 spiro atoms. The average molecular weight is 233 g/mol. The molecule has 1 heterocycles. The predicted molar refractivity (Wildman–Crippen MR) is 50.3 cm³/mol. The molecule has 1 N–H and O–H groups in total. The van der Waals surface area contributed by atoms with Gasteiger partial charge in [-0.3, -0.25) is 0 Å². The second-order valence-electron chi connectivity index (χ2n) is 3.48. The van der Waals surface area contributed by atoms with Gasteiger partial charge >= 0.3 is 11.9 Å². The van der Waals surface area contributed by atoms with Crippen LogP contribution in [0.1, 0.15) is 28.4 Å². The van der Waals surface area contributed by atoms with Crippen LogP contribution < -0.4 is 0 Å². The van der Waals surface area contributed by atoms with Crippen molar-refractivity contribution in [2.24, 2.45) is 0 Å². The topological polar surface area (TPSA) is 50.2 Å². The fourth-order valence-electron chi connectivity index (χ4n) is 1.58. The predicted octanol–water partition coefficient (Wildman–Crippen LogP) is 2.20. The van der Waals surface area contributed by atoms with Crippen molar-refractivity contribution < 1.29 is 18.7 Å². The molecule has 1 aliphatic rings. The number of hydrogen-bond donors (Lipinski definition) is 1. The van der Waals surface area contributed by atoms with Gasteiger partial charge < -0.3 is 5.11 Å². The van der Waals surface area contributed by atoms with Crippen molar-refractivity contribution in [3.8, 4) is 0 Å². The second-order valence-corrected chi connectivity index (χ2v) is 4.56. The Morgan fingerprint density at radius 3 is 2.67 bits per heavy atom. The third-order valence-electron chi connectivity index (χ3n) is 2.38. The zero-order valence-corrected chi connectivity index (χ0v) is 8.61. The first kappa shape index (κ1) is 10.5. The summed E-state index contributed by atoms with van der Waals surface area (Å²) in [5.74, 6) is -5.98. The molecule has 1 aromatic rings. The number of carboxylic acid groups (broad SMARTS) is 1. The highest BCUT2D eigenvalue weighted by Gasteiger charge is 2.45. The van der Waals surface area contributed by atoms with E-state index in [-0.39, 0.29) is 0 Å². The molecule has 0 amide bonds. The molecule has 82 valence electrons. The first-order chi connectivity index (χ1) is 7.01. The smallest absolute Gasteiger partial charge is 0.393 e. The highest BCUT2D eigenvalue weighted by Crippen LogP contribution is 2.35. The molecule has 1 aliphatic carbocycles. The molecule has 0 bridgehead atoms. The van der Waals surface area contributed by atoms with E-state index in [1.807, 2.05) is 0 Å². The number of aryl methyl sites for hydroxylation is 2. The zero-order chi connectivity index (χ0) is 11.1. The van der Waals surface area contributed by atoms with Gasteiger partial charge in [-0.1, -0.05) is 0 Å². The maximum Gasteiger partial charge on any atom is 0.393 e. The van der Waals surface area contributed by atoms with Gasteiger partial charge in [-0.2, -0.15) is 8.78 Å². The van der Waals surface area contributed by atoms with E-state index >= 15 is 0 Å². The molecule has 2 rings (SSSR count). The number of alkyl halides is 2. The largest absolute Gasteiger partial charge is 0.476 e. The van der Waals surface area contributed by atoms with Gasteiger partial charge in [0.05, 0.1) is 5.69 Å². The van der Waals surface area contributed by atoms with Crippen molar-refractivity contribution in [3.05, 3.63) is 15.6 Å². The Labute approximate surface area is 88.8 Å². The van der Waals surface area contributed by atoms with Crippen LogP contribution in [0.25, 0.3) is 0 Å². The molecule has 0 saturated heterocycles. The van der Waals surface area contributed by atoms with Gasteiger partial charge in [0.2, 0.25) is 0 Å². The maximum atomic E-state index is 13.1. The van der Waals surface area contributed by atoms with E-state index in [1.165, 1.54) is 0 Å². The second kappa shape index (κ2) is 3.52. The van der Waals surface area contributed by atoms with Gasteiger partial charge in [-0.25, -0.2) is 9.78 Å². The number of thiazole rings is 1. The number of carboxylic acids is 1. The van der Waals surface area contributed by atoms with Crippen LogP contribution in [0.3, 0.4) is 0 Å². The van der Waals surface area contributed by atoms with E-state index in [0.717, 1.165) is 35.5 Å². The quantitative estimate of drug-likeness (QED) is 0.851. The first-order valence-electron chi connectivity index (χ1n) is 4.62. The Bertz CT molecular complexity index is 379. The molecule has 0 atom stereocenters. The molecule has 3 nitrogen and oxygen atoms in total. The lowest BCUT2D eigenvalue weighted by Crippen LogP contribution is -2.25. The summed E-state index contributed by atoms with van der Waals surface area (Å²) in [6.07, 6.45) is 3.33. The fourth-order valence-corrected chi connectivity index (χ4v) is 2.69. The average Bonchev–Trinajstić information content (AvgIpc) is 2.61. The number of halogens is 2. The number of rotatable bonds is 2. The minimum atomic E-state index is -3.85. The van der Waals surface area contributed by atoms with E-state index in [0.29, 0.717) is 12.1 Å². The van der Waals surface area contributed by atoms with E-state index in [4.69, 9.17) is 5.11 Å². The molecule has 0 radical (unpaired) electrons. The monoisotopic (exact) mass is 233 g/mol. The van der Waals surface area contributed by atoms with Crippen molar-refractivity contribution >= 4 is 17.3 Å². The molecule has 0 saturated carbocycles. The molecular weight excluding hydrogens is 224 g/mol. The lowest BCUT2D eigenvalue weighted by Gasteiger charge is -2.06. The summed E-state index contributed by atoms with van der Waals surface area (Å²) >= 11 is 0.829. The van der Waals surface area contributed by atoms with E-state index in [1.54, 1.807) is 0 Å². The Morgan fingerprint density at radius 2 is 2.07 bits per heavy atom. The third kappa shape index (κ3) is 1.73. The van der Waals surface area contributed by atoms with Crippen LogP contribution in [-0.2, 0) is 23.6 Å². The van der Waals surface area contributed by atoms with E-state index in [9.17, 15) is 13.6 Å². The number of aromatic nitrogens is 1. The van der Waals surface area contributed by atoms with Crippen molar-refractivity contribution in [3.63, 3.8) is 0 Å². The van der Waals surface area contributed by atoms with Crippen molar-refractivity contribution in [1.82, 2.24) is 4.98 Å². The van der Waals surface area contributed by atoms with Gasteiger partial charge in [0.1, 0.15) is 0 Å². The van der Waals surface area contributed by atoms with Crippen LogP contribution in [0.4, 0.5) is 8.78 Å². The lowest BCUT2D eigenvalue weighted by atomic mass is 10.0. The van der Waals surface area contributed by atoms with E-state index in [2.05, 4.69) is 4.98 Å². The minimum Gasteiger partial charge on any atom is -0.476 e. The highest BCUT2D eigenvalue weighted by atomic mass is 32.1. The molecule has 0 unspecified atom stereocenters. The molecule has 6 heteroatoms. The Balaban J connectivity index is 2.37. The normalized spacial score (nSPS) is 16.1. The van der Waals surface area contributed by atoms with Crippen LogP contribution >= 0.6 is 11.3 Å². The Kier molecular flexibility index (Phi) is 2.46. The minimum absolute atomic E-state index is 0.582. The molecule has 0 aliphatic heterocycles. The van der Waals surface area contributed by atoms with Crippen molar-refractivity contribution in [1.29, 1.82) is 0 Å². The summed E-state index contributed by atoms with van der Waals surface area (Å²) in [6.45, 7) is 0. The van der Waals surface area contributed by atoms with Gasteiger partial charge in [-0.15, -0.1) is 11.3 Å². The molecule has 15 heavy (non-hydrogen) atoms. The first-order valence-corrected chi connectivity index (χ1v) is 5.43. The molecule has 0 aromatic carbocycles. The maximum absolute atomic E-state index is 13.1. The standard InChI is InChI=1S/C9H9F2NO2S/c10-9(11,8(13)14)7-12-5-3-1-2-4-6(5)15-7/h1-4H2,(H,13,14). The summed E-state index contributed by atoms with van der Waals surface area (Å²) in [7, 11) is 0. The molecule has 1 aromatic heterocycles. The Morgan fingerprint density at radius 1 is 1.40 bits per heavy atom. The SMILES string of the molecule is O=C(O)C(F)(F)c1nc2c(s1)CCCC2. The summed E-state index contributed by atoms with van der Waals surface area (Å²) in [5, 5.41) is 7.79. The number of carbonyl (C=O) groups is 1. The van der Waals surface area contributed by atoms with E-state index < -0.39 is 16.9 Å². The molecule has 0 fully saturated rings. The zero-order valence-electron chi connectivity index (χ0n) is 7.80. The number of hydrogen-bond acceptors (Lipinski definition) is 3. The summed E-state index contributed by atoms with van der Waals surface area (Å²) < 4.78 is 26.2. The molecular formula is C9H9F2NO2S. The third-order valence-corrected chi connectivity index (χ3v) is 3.61. The number of aliphatic carboxylic acids is 1. The van der Waals surface area contributed by atoms with Crippen molar-refractivity contribution in [2.45, 2.75) is 31.6 Å². The van der Waals surface area contributed by atoms with Crippen molar-refractivity contribution in [2.75, 3.05) is 0 Å². The van der Waals surface area contributed by atoms with Gasteiger partial charge in [0.15, 0.2) is 5.01 Å².